The average molecular weight is 392 g/mol. The SMILES string of the molecule is C[C@H](Sc1nc2cc(Cl)ccc2s1)c1nnc(-c2ccc(F)cc2)o1. The molecule has 0 saturated carbocycles. The van der Waals surface area contributed by atoms with Crippen molar-refractivity contribution in [2.24, 2.45) is 0 Å². The molecule has 4 aromatic rings. The highest BCUT2D eigenvalue weighted by Crippen LogP contribution is 2.39. The Hall–Kier alpha value is -1.96. The van der Waals surface area contributed by atoms with Crippen LogP contribution in [0, 0.1) is 5.82 Å². The molecule has 0 fully saturated rings. The predicted octanol–water partition coefficient (Wildman–Crippen LogP) is 5.99. The van der Waals surface area contributed by atoms with Gasteiger partial charge in [0.15, 0.2) is 4.34 Å². The molecular formula is C17H11ClFN3OS2. The number of thioether (sulfide) groups is 1. The number of halogens is 2. The summed E-state index contributed by atoms with van der Waals surface area (Å²) in [4.78, 5) is 4.58. The Kier molecular flexibility index (Phi) is 4.45. The van der Waals surface area contributed by atoms with E-state index >= 15 is 0 Å². The van der Waals surface area contributed by atoms with Crippen molar-refractivity contribution in [1.29, 1.82) is 0 Å². The van der Waals surface area contributed by atoms with Gasteiger partial charge in [0.05, 0.1) is 15.5 Å². The number of rotatable bonds is 4. The van der Waals surface area contributed by atoms with Crippen molar-refractivity contribution in [3.8, 4) is 11.5 Å². The number of aromatic nitrogens is 3. The summed E-state index contributed by atoms with van der Waals surface area (Å²) in [5.74, 6) is 0.573. The lowest BCUT2D eigenvalue weighted by molar-refractivity contribution is 0.509. The molecule has 0 aliphatic rings. The number of hydrogen-bond donors (Lipinski definition) is 0. The topological polar surface area (TPSA) is 51.8 Å². The fourth-order valence-electron chi connectivity index (χ4n) is 2.24. The third-order valence-corrected chi connectivity index (χ3v) is 5.94. The lowest BCUT2D eigenvalue weighted by atomic mass is 10.2. The molecule has 0 aliphatic carbocycles. The largest absolute Gasteiger partial charge is 0.419 e. The summed E-state index contributed by atoms with van der Waals surface area (Å²) in [5.41, 5.74) is 1.57. The van der Waals surface area contributed by atoms with E-state index in [4.69, 9.17) is 16.0 Å². The minimum atomic E-state index is -0.302. The Bertz CT molecular complexity index is 1030. The van der Waals surface area contributed by atoms with Gasteiger partial charge in [-0.1, -0.05) is 23.4 Å². The van der Waals surface area contributed by atoms with Gasteiger partial charge in [-0.3, -0.25) is 0 Å². The molecule has 4 nitrogen and oxygen atoms in total. The monoisotopic (exact) mass is 391 g/mol. The highest BCUT2D eigenvalue weighted by molar-refractivity contribution is 8.01. The van der Waals surface area contributed by atoms with Gasteiger partial charge in [0, 0.05) is 10.6 Å². The molecule has 2 heterocycles. The predicted molar refractivity (Wildman–Crippen MR) is 98.6 cm³/mol. The van der Waals surface area contributed by atoms with Gasteiger partial charge < -0.3 is 4.42 Å². The molecule has 0 amide bonds. The number of benzene rings is 2. The Morgan fingerprint density at radius 3 is 2.76 bits per heavy atom. The van der Waals surface area contributed by atoms with Crippen LogP contribution in [0.3, 0.4) is 0 Å². The Morgan fingerprint density at radius 2 is 1.96 bits per heavy atom. The van der Waals surface area contributed by atoms with Crippen LogP contribution in [0.4, 0.5) is 4.39 Å². The molecule has 1 atom stereocenters. The maximum Gasteiger partial charge on any atom is 0.247 e. The zero-order valence-electron chi connectivity index (χ0n) is 12.9. The molecule has 0 radical (unpaired) electrons. The molecule has 2 aromatic carbocycles. The van der Waals surface area contributed by atoms with Gasteiger partial charge in [0.1, 0.15) is 5.82 Å². The zero-order chi connectivity index (χ0) is 17.4. The zero-order valence-corrected chi connectivity index (χ0v) is 15.3. The van der Waals surface area contributed by atoms with E-state index < -0.39 is 0 Å². The van der Waals surface area contributed by atoms with Gasteiger partial charge in [-0.25, -0.2) is 9.37 Å². The Balaban J connectivity index is 1.54. The second-order valence-corrected chi connectivity index (χ2v) is 8.36. The van der Waals surface area contributed by atoms with Crippen LogP contribution >= 0.6 is 34.7 Å². The summed E-state index contributed by atoms with van der Waals surface area (Å²) in [7, 11) is 0. The maximum atomic E-state index is 13.0. The van der Waals surface area contributed by atoms with E-state index in [-0.39, 0.29) is 11.1 Å². The molecular weight excluding hydrogens is 381 g/mol. The minimum Gasteiger partial charge on any atom is -0.419 e. The van der Waals surface area contributed by atoms with E-state index in [0.29, 0.717) is 22.4 Å². The fourth-order valence-corrected chi connectivity index (χ4v) is 4.63. The highest BCUT2D eigenvalue weighted by atomic mass is 35.5. The van der Waals surface area contributed by atoms with Crippen LogP contribution in [0.5, 0.6) is 0 Å². The summed E-state index contributed by atoms with van der Waals surface area (Å²) < 4.78 is 20.7. The number of fused-ring (bicyclic) bond motifs is 1. The van der Waals surface area contributed by atoms with Crippen molar-refractivity contribution in [1.82, 2.24) is 15.2 Å². The number of hydrogen-bond acceptors (Lipinski definition) is 6. The first-order valence-electron chi connectivity index (χ1n) is 7.40. The van der Waals surface area contributed by atoms with Crippen LogP contribution in [0.25, 0.3) is 21.7 Å². The smallest absolute Gasteiger partial charge is 0.247 e. The normalized spacial score (nSPS) is 12.6. The van der Waals surface area contributed by atoms with Crippen LogP contribution in [-0.2, 0) is 0 Å². The molecule has 0 aliphatic heterocycles. The van der Waals surface area contributed by atoms with Crippen molar-refractivity contribution in [3.63, 3.8) is 0 Å². The molecule has 4 rings (SSSR count). The van der Waals surface area contributed by atoms with Crippen molar-refractivity contribution >= 4 is 44.9 Å². The molecule has 0 spiro atoms. The van der Waals surface area contributed by atoms with Gasteiger partial charge in [0.2, 0.25) is 11.8 Å². The summed E-state index contributed by atoms with van der Waals surface area (Å²) in [6, 6.07) is 11.6. The van der Waals surface area contributed by atoms with Crippen molar-refractivity contribution < 1.29 is 8.81 Å². The van der Waals surface area contributed by atoms with E-state index in [2.05, 4.69) is 15.2 Å². The van der Waals surface area contributed by atoms with Gasteiger partial charge in [0.25, 0.3) is 0 Å². The van der Waals surface area contributed by atoms with Crippen molar-refractivity contribution in [3.05, 3.63) is 59.2 Å². The minimum absolute atomic E-state index is 0.0577. The Morgan fingerprint density at radius 1 is 1.16 bits per heavy atom. The second-order valence-electron chi connectivity index (χ2n) is 5.30. The molecule has 0 unspecified atom stereocenters. The molecule has 126 valence electrons. The maximum absolute atomic E-state index is 13.0. The molecule has 0 bridgehead atoms. The van der Waals surface area contributed by atoms with Crippen LogP contribution < -0.4 is 0 Å². The van der Waals surface area contributed by atoms with Crippen molar-refractivity contribution in [2.45, 2.75) is 16.5 Å². The van der Waals surface area contributed by atoms with Gasteiger partial charge in [-0.05, 0) is 49.4 Å². The van der Waals surface area contributed by atoms with E-state index in [0.717, 1.165) is 14.6 Å². The number of nitrogens with zero attached hydrogens (tertiary/aromatic N) is 3. The lowest BCUT2D eigenvalue weighted by Crippen LogP contribution is -1.88. The third kappa shape index (κ3) is 3.53. The van der Waals surface area contributed by atoms with Gasteiger partial charge >= 0.3 is 0 Å². The highest BCUT2D eigenvalue weighted by Gasteiger charge is 2.18. The van der Waals surface area contributed by atoms with Crippen LogP contribution in [0.1, 0.15) is 18.1 Å². The molecule has 8 heteroatoms. The Labute approximate surface area is 156 Å². The first-order chi connectivity index (χ1) is 12.1. The summed E-state index contributed by atoms with van der Waals surface area (Å²) >= 11 is 9.14. The standard InChI is InChI=1S/C17H11ClFN3OS2/c1-9(24-17-20-13-8-11(18)4-7-14(13)25-17)15-21-22-16(23-15)10-2-5-12(19)6-3-10/h2-9H,1H3/t9-/m0/s1. The summed E-state index contributed by atoms with van der Waals surface area (Å²) in [6.07, 6.45) is 0. The lowest BCUT2D eigenvalue weighted by Gasteiger charge is -2.02. The fraction of sp³-hybridized carbons (Fsp3) is 0.118. The van der Waals surface area contributed by atoms with Crippen molar-refractivity contribution in [2.75, 3.05) is 0 Å². The number of thiazole rings is 1. The van der Waals surface area contributed by atoms with E-state index in [1.807, 2.05) is 25.1 Å². The summed E-state index contributed by atoms with van der Waals surface area (Å²) in [5, 5.41) is 8.76. The van der Waals surface area contributed by atoms with Crippen LogP contribution in [0.2, 0.25) is 5.02 Å². The van der Waals surface area contributed by atoms with Crippen LogP contribution in [-0.4, -0.2) is 15.2 Å². The molecule has 2 aromatic heterocycles. The first-order valence-corrected chi connectivity index (χ1v) is 9.48. The van der Waals surface area contributed by atoms with Gasteiger partial charge in [-0.15, -0.1) is 21.5 Å². The molecule has 0 N–H and O–H groups in total. The van der Waals surface area contributed by atoms with E-state index in [1.54, 1.807) is 35.2 Å². The van der Waals surface area contributed by atoms with Gasteiger partial charge in [-0.2, -0.15) is 0 Å². The first kappa shape index (κ1) is 16.5. The molecule has 0 saturated heterocycles. The van der Waals surface area contributed by atoms with E-state index in [1.165, 1.54) is 12.1 Å². The molecule has 25 heavy (non-hydrogen) atoms. The average Bonchev–Trinajstić information content (AvgIpc) is 3.21. The quantitative estimate of drug-likeness (QED) is 0.400. The summed E-state index contributed by atoms with van der Waals surface area (Å²) in [6.45, 7) is 1.98. The van der Waals surface area contributed by atoms with Crippen LogP contribution in [0.15, 0.2) is 51.2 Å². The van der Waals surface area contributed by atoms with E-state index in [9.17, 15) is 4.39 Å². The second kappa shape index (κ2) is 6.74. The third-order valence-electron chi connectivity index (χ3n) is 3.49.